The zero-order valence-corrected chi connectivity index (χ0v) is 9.05. The number of nitriles is 1. The van der Waals surface area contributed by atoms with Gasteiger partial charge in [-0.05, 0) is 28.5 Å². The van der Waals surface area contributed by atoms with Crippen LogP contribution in [-0.4, -0.2) is 5.91 Å². The van der Waals surface area contributed by atoms with Crippen LogP contribution in [0.25, 0.3) is 16.8 Å². The van der Waals surface area contributed by atoms with E-state index in [-0.39, 0.29) is 5.57 Å². The van der Waals surface area contributed by atoms with Crippen LogP contribution in [0.15, 0.2) is 48.0 Å². The van der Waals surface area contributed by atoms with Gasteiger partial charge in [0.2, 0.25) is 0 Å². The van der Waals surface area contributed by atoms with Crippen molar-refractivity contribution >= 4 is 22.8 Å². The van der Waals surface area contributed by atoms with E-state index in [0.717, 1.165) is 16.3 Å². The summed E-state index contributed by atoms with van der Waals surface area (Å²) in [6, 6.07) is 15.4. The smallest absolute Gasteiger partial charge is 0.259 e. The highest BCUT2D eigenvalue weighted by Gasteiger charge is 2.03. The van der Waals surface area contributed by atoms with Crippen molar-refractivity contribution in [2.45, 2.75) is 0 Å². The van der Waals surface area contributed by atoms with E-state index in [1.54, 1.807) is 6.07 Å². The van der Waals surface area contributed by atoms with E-state index in [9.17, 15) is 4.79 Å². The Kier molecular flexibility index (Phi) is 2.89. The third kappa shape index (κ3) is 2.32. The molecule has 0 aliphatic carbocycles. The number of hydrogen-bond donors (Lipinski definition) is 1. The predicted molar refractivity (Wildman–Crippen MR) is 66.7 cm³/mol. The van der Waals surface area contributed by atoms with E-state index < -0.39 is 5.91 Å². The molecule has 1 amide bonds. The van der Waals surface area contributed by atoms with Gasteiger partial charge in [-0.3, -0.25) is 4.79 Å². The highest BCUT2D eigenvalue weighted by atomic mass is 16.1. The van der Waals surface area contributed by atoms with Crippen LogP contribution < -0.4 is 5.73 Å². The van der Waals surface area contributed by atoms with Gasteiger partial charge in [0.05, 0.1) is 0 Å². The summed E-state index contributed by atoms with van der Waals surface area (Å²) in [4.78, 5) is 10.9. The summed E-state index contributed by atoms with van der Waals surface area (Å²) in [6.07, 6.45) is 1.49. The Labute approximate surface area is 98.8 Å². The largest absolute Gasteiger partial charge is 0.365 e. The highest BCUT2D eigenvalue weighted by molar-refractivity contribution is 6.01. The van der Waals surface area contributed by atoms with Gasteiger partial charge in [-0.15, -0.1) is 0 Å². The van der Waals surface area contributed by atoms with Gasteiger partial charge in [0, 0.05) is 0 Å². The number of fused-ring (bicyclic) bond motifs is 1. The molecule has 0 atom stereocenters. The molecule has 0 radical (unpaired) electrons. The second kappa shape index (κ2) is 4.50. The molecule has 2 aromatic carbocycles. The van der Waals surface area contributed by atoms with E-state index in [2.05, 4.69) is 0 Å². The Morgan fingerprint density at radius 3 is 2.53 bits per heavy atom. The van der Waals surface area contributed by atoms with Crippen molar-refractivity contribution in [3.8, 4) is 6.07 Å². The fourth-order valence-corrected chi connectivity index (χ4v) is 1.62. The van der Waals surface area contributed by atoms with Gasteiger partial charge in [0.15, 0.2) is 0 Å². The van der Waals surface area contributed by atoms with Crippen molar-refractivity contribution in [1.82, 2.24) is 0 Å². The van der Waals surface area contributed by atoms with Crippen LogP contribution >= 0.6 is 0 Å². The summed E-state index contributed by atoms with van der Waals surface area (Å²) < 4.78 is 0. The Hall–Kier alpha value is -2.60. The molecule has 17 heavy (non-hydrogen) atoms. The lowest BCUT2D eigenvalue weighted by Gasteiger charge is -1.99. The monoisotopic (exact) mass is 222 g/mol. The average molecular weight is 222 g/mol. The zero-order chi connectivity index (χ0) is 12.3. The molecule has 3 nitrogen and oxygen atoms in total. The second-order valence-corrected chi connectivity index (χ2v) is 3.64. The number of primary amides is 1. The zero-order valence-electron chi connectivity index (χ0n) is 9.05. The molecule has 0 bridgehead atoms. The number of carbonyl (C=O) groups is 1. The van der Waals surface area contributed by atoms with Crippen LogP contribution in [-0.2, 0) is 4.79 Å². The van der Waals surface area contributed by atoms with Gasteiger partial charge < -0.3 is 5.73 Å². The van der Waals surface area contributed by atoms with Crippen molar-refractivity contribution in [2.75, 3.05) is 0 Å². The van der Waals surface area contributed by atoms with Crippen LogP contribution in [0.4, 0.5) is 0 Å². The normalized spacial score (nSPS) is 11.1. The Morgan fingerprint density at radius 2 is 1.88 bits per heavy atom. The number of rotatable bonds is 2. The molecule has 0 fully saturated rings. The van der Waals surface area contributed by atoms with Crippen molar-refractivity contribution in [1.29, 1.82) is 5.26 Å². The number of carbonyl (C=O) groups excluding carboxylic acids is 1. The standard InChI is InChI=1S/C14H10N2O/c15-9-13(14(16)17)8-10-5-6-11-3-1-2-4-12(11)7-10/h1-8H,(H2,16,17). The van der Waals surface area contributed by atoms with E-state index in [1.165, 1.54) is 6.08 Å². The number of benzene rings is 2. The first-order valence-electron chi connectivity index (χ1n) is 5.11. The summed E-state index contributed by atoms with van der Waals surface area (Å²) in [5.74, 6) is -0.708. The fraction of sp³-hybridized carbons (Fsp3) is 0. The first kappa shape index (κ1) is 10.9. The lowest BCUT2D eigenvalue weighted by molar-refractivity contribution is -0.114. The van der Waals surface area contributed by atoms with Crippen molar-refractivity contribution < 1.29 is 4.79 Å². The Bertz CT molecular complexity index is 651. The second-order valence-electron chi connectivity index (χ2n) is 3.64. The maximum Gasteiger partial charge on any atom is 0.259 e. The van der Waals surface area contributed by atoms with Crippen molar-refractivity contribution in [3.05, 3.63) is 53.6 Å². The summed E-state index contributed by atoms with van der Waals surface area (Å²) in [5, 5.41) is 10.9. The minimum absolute atomic E-state index is 0.0414. The molecule has 0 saturated heterocycles. The molecule has 0 aromatic heterocycles. The Morgan fingerprint density at radius 1 is 1.18 bits per heavy atom. The van der Waals surface area contributed by atoms with Gasteiger partial charge in [-0.25, -0.2) is 0 Å². The minimum Gasteiger partial charge on any atom is -0.365 e. The molecule has 0 aliphatic heterocycles. The third-order valence-corrected chi connectivity index (χ3v) is 2.47. The van der Waals surface area contributed by atoms with Crippen molar-refractivity contribution in [3.63, 3.8) is 0 Å². The van der Waals surface area contributed by atoms with Crippen LogP contribution in [0.1, 0.15) is 5.56 Å². The molecule has 0 aliphatic rings. The molecule has 0 unspecified atom stereocenters. The van der Waals surface area contributed by atoms with Crippen LogP contribution in [0, 0.1) is 11.3 Å². The van der Waals surface area contributed by atoms with Gasteiger partial charge in [0.1, 0.15) is 11.6 Å². The number of nitrogens with zero attached hydrogens (tertiary/aromatic N) is 1. The van der Waals surface area contributed by atoms with E-state index in [4.69, 9.17) is 11.0 Å². The van der Waals surface area contributed by atoms with E-state index >= 15 is 0 Å². The number of amides is 1. The summed E-state index contributed by atoms with van der Waals surface area (Å²) in [5.41, 5.74) is 5.83. The van der Waals surface area contributed by atoms with Crippen molar-refractivity contribution in [2.24, 2.45) is 5.73 Å². The van der Waals surface area contributed by atoms with Gasteiger partial charge >= 0.3 is 0 Å². The van der Waals surface area contributed by atoms with Gasteiger partial charge in [0.25, 0.3) is 5.91 Å². The molecule has 2 aromatic rings. The lowest BCUT2D eigenvalue weighted by atomic mass is 10.1. The molecule has 0 saturated carbocycles. The van der Waals surface area contributed by atoms with Gasteiger partial charge in [-0.2, -0.15) is 5.26 Å². The third-order valence-electron chi connectivity index (χ3n) is 2.47. The molecule has 0 spiro atoms. The summed E-state index contributed by atoms with van der Waals surface area (Å²) >= 11 is 0. The number of nitrogens with two attached hydrogens (primary N) is 1. The topological polar surface area (TPSA) is 66.9 Å². The Balaban J connectivity index is 2.51. The SMILES string of the molecule is N#CC(=Cc1ccc2ccccc2c1)C(N)=O. The summed E-state index contributed by atoms with van der Waals surface area (Å²) in [6.45, 7) is 0. The average Bonchev–Trinajstić information content (AvgIpc) is 2.35. The molecule has 82 valence electrons. The minimum atomic E-state index is -0.708. The molecular formula is C14H10N2O. The maximum absolute atomic E-state index is 10.9. The molecule has 2 rings (SSSR count). The van der Waals surface area contributed by atoms with Gasteiger partial charge in [-0.1, -0.05) is 36.4 Å². The maximum atomic E-state index is 10.9. The fourth-order valence-electron chi connectivity index (χ4n) is 1.62. The van der Waals surface area contributed by atoms with Crippen LogP contribution in [0.3, 0.4) is 0 Å². The predicted octanol–water partition coefficient (Wildman–Crippen LogP) is 2.23. The number of hydrogen-bond acceptors (Lipinski definition) is 2. The quantitative estimate of drug-likeness (QED) is 0.625. The molecule has 3 heteroatoms. The molecular weight excluding hydrogens is 212 g/mol. The first-order valence-corrected chi connectivity index (χ1v) is 5.11. The summed E-state index contributed by atoms with van der Waals surface area (Å²) in [7, 11) is 0. The molecule has 2 N–H and O–H groups in total. The van der Waals surface area contributed by atoms with E-state index in [1.807, 2.05) is 42.5 Å². The van der Waals surface area contributed by atoms with Crippen LogP contribution in [0.2, 0.25) is 0 Å². The lowest BCUT2D eigenvalue weighted by Crippen LogP contribution is -2.12. The molecule has 0 heterocycles. The van der Waals surface area contributed by atoms with E-state index in [0.29, 0.717) is 0 Å². The van der Waals surface area contributed by atoms with Crippen LogP contribution in [0.5, 0.6) is 0 Å². The highest BCUT2D eigenvalue weighted by Crippen LogP contribution is 2.17. The first-order chi connectivity index (χ1) is 8.20.